The van der Waals surface area contributed by atoms with Gasteiger partial charge in [-0.15, -0.1) is 0 Å². The number of ether oxygens (including phenoxy) is 4. The van der Waals surface area contributed by atoms with E-state index in [2.05, 4.69) is 72.8 Å². The second-order valence-electron chi connectivity index (χ2n) is 26.4. The Labute approximate surface area is 548 Å². The van der Waals surface area contributed by atoms with Crippen molar-refractivity contribution in [1.82, 2.24) is 0 Å². The van der Waals surface area contributed by atoms with Gasteiger partial charge >= 0.3 is 39.5 Å². The van der Waals surface area contributed by atoms with Gasteiger partial charge < -0.3 is 33.8 Å². The van der Waals surface area contributed by atoms with E-state index in [1.807, 2.05) is 0 Å². The van der Waals surface area contributed by atoms with Crippen LogP contribution in [0.2, 0.25) is 0 Å². The summed E-state index contributed by atoms with van der Waals surface area (Å²) in [5.74, 6) is 0.0169. The Bertz CT molecular complexity index is 1860. The molecule has 19 heteroatoms. The molecule has 0 aliphatic carbocycles. The molecule has 0 saturated carbocycles. The molecule has 0 saturated heterocycles. The van der Waals surface area contributed by atoms with Crippen molar-refractivity contribution in [3.05, 3.63) is 24.3 Å². The van der Waals surface area contributed by atoms with Gasteiger partial charge in [0.25, 0.3) is 0 Å². The van der Waals surface area contributed by atoms with Gasteiger partial charge in [0.15, 0.2) is 12.2 Å². The first kappa shape index (κ1) is 87.5. The van der Waals surface area contributed by atoms with Crippen LogP contribution in [0.15, 0.2) is 24.3 Å². The van der Waals surface area contributed by atoms with Gasteiger partial charge in [-0.3, -0.25) is 37.3 Å². The molecule has 0 heterocycles. The molecule has 5 atom stereocenters. The first-order valence-corrected chi connectivity index (χ1v) is 39.2. The van der Waals surface area contributed by atoms with Crippen molar-refractivity contribution < 1.29 is 80.2 Å². The van der Waals surface area contributed by atoms with E-state index in [9.17, 15) is 43.2 Å². The summed E-state index contributed by atoms with van der Waals surface area (Å²) in [6, 6.07) is 0. The quantitative estimate of drug-likeness (QED) is 0.0169. The third-order valence-corrected chi connectivity index (χ3v) is 17.7. The van der Waals surface area contributed by atoms with Crippen molar-refractivity contribution in [1.29, 1.82) is 0 Å². The minimum Gasteiger partial charge on any atom is -0.462 e. The summed E-state index contributed by atoms with van der Waals surface area (Å²) in [7, 11) is -9.91. The number of aliphatic hydroxyl groups excluding tert-OH is 1. The molecule has 0 amide bonds. The first-order chi connectivity index (χ1) is 43.2. The van der Waals surface area contributed by atoms with E-state index in [0.29, 0.717) is 31.6 Å². The highest BCUT2D eigenvalue weighted by Crippen LogP contribution is 2.45. The van der Waals surface area contributed by atoms with Gasteiger partial charge in [-0.25, -0.2) is 9.13 Å². The molecule has 0 spiro atoms. The third kappa shape index (κ3) is 64.3. The van der Waals surface area contributed by atoms with Gasteiger partial charge in [-0.1, -0.05) is 278 Å². The van der Waals surface area contributed by atoms with Gasteiger partial charge in [-0.2, -0.15) is 0 Å². The van der Waals surface area contributed by atoms with Crippen LogP contribution >= 0.6 is 15.6 Å². The van der Waals surface area contributed by atoms with Crippen molar-refractivity contribution in [2.24, 2.45) is 17.8 Å². The zero-order chi connectivity index (χ0) is 66.6. The highest BCUT2D eigenvalue weighted by molar-refractivity contribution is 7.47. The Balaban J connectivity index is 5.27. The van der Waals surface area contributed by atoms with Gasteiger partial charge in [0, 0.05) is 25.7 Å². The Kier molecular flexibility index (Phi) is 59.7. The molecule has 0 rings (SSSR count). The van der Waals surface area contributed by atoms with E-state index in [1.54, 1.807) is 0 Å². The highest BCUT2D eigenvalue weighted by Gasteiger charge is 2.30. The summed E-state index contributed by atoms with van der Waals surface area (Å²) >= 11 is 0. The van der Waals surface area contributed by atoms with Crippen LogP contribution in [0, 0.1) is 17.8 Å². The second-order valence-corrected chi connectivity index (χ2v) is 29.3. The van der Waals surface area contributed by atoms with Crippen molar-refractivity contribution in [3.63, 3.8) is 0 Å². The maximum absolute atomic E-state index is 13.0. The molecule has 3 N–H and O–H groups in total. The molecule has 2 unspecified atom stereocenters. The first-order valence-electron chi connectivity index (χ1n) is 36.2. The molecule has 17 nitrogen and oxygen atoms in total. The topological polar surface area (TPSA) is 237 Å². The molecule has 0 aromatic heterocycles. The lowest BCUT2D eigenvalue weighted by Gasteiger charge is -2.21. The number of esters is 4. The Morgan fingerprint density at radius 2 is 0.600 bits per heavy atom. The lowest BCUT2D eigenvalue weighted by atomic mass is 10.0. The minimum absolute atomic E-state index is 0.0979. The fourth-order valence-electron chi connectivity index (χ4n) is 10.2. The summed E-state index contributed by atoms with van der Waals surface area (Å²) in [6.45, 7) is 11.7. The zero-order valence-corrected chi connectivity index (χ0v) is 59.9. The number of allylic oxidation sites excluding steroid dienone is 4. The molecule has 0 aromatic carbocycles. The predicted octanol–water partition coefficient (Wildman–Crippen LogP) is 19.8. The maximum Gasteiger partial charge on any atom is 0.472 e. The maximum atomic E-state index is 13.0. The summed E-state index contributed by atoms with van der Waals surface area (Å²) in [5.41, 5.74) is 0. The van der Waals surface area contributed by atoms with Crippen LogP contribution in [0.4, 0.5) is 0 Å². The van der Waals surface area contributed by atoms with Crippen LogP contribution < -0.4 is 0 Å². The van der Waals surface area contributed by atoms with Gasteiger partial charge in [-0.05, 0) is 69.1 Å². The number of phosphoric acid groups is 2. The van der Waals surface area contributed by atoms with Crippen LogP contribution in [-0.2, 0) is 65.4 Å². The zero-order valence-electron chi connectivity index (χ0n) is 58.1. The summed E-state index contributed by atoms with van der Waals surface area (Å²) in [4.78, 5) is 72.5. The number of aliphatic hydroxyl groups is 1. The number of hydrogen-bond acceptors (Lipinski definition) is 15. The Morgan fingerprint density at radius 3 is 0.900 bits per heavy atom. The SMILES string of the molecule is CCCCCC/C=C\C=C/CCCCCCCC(=O)OC[C@H](COP(=O)(O)OC[C@@H](O)COP(=O)(O)OC[C@@H](COC(=O)CCCCCCCCC(C)C)OC(=O)CCCCCCCCCCCCCC(C)C)OC(=O)CCCCCCCCCCCC(C)C. The molecule has 0 aromatic rings. The molecule has 530 valence electrons. The summed E-state index contributed by atoms with van der Waals surface area (Å²) < 4.78 is 68.2. The molecular formula is C71H134O17P2. The number of carbonyl (C=O) groups is 4. The lowest BCUT2D eigenvalue weighted by molar-refractivity contribution is -0.161. The standard InChI is InChI=1S/C71H134O17P2/c1-8-9-10-11-12-13-14-15-16-17-20-25-30-38-45-52-68(73)81-58-66(87-71(76)55-48-41-32-27-22-24-29-36-43-50-63(4)5)60-85-89(77,78)83-56-65(72)57-84-90(79,80)86-61-67(59-82-69(74)53-46-39-34-33-37-44-51-64(6)7)88-70(75)54-47-40-31-26-21-18-19-23-28-35-42-49-62(2)3/h13-16,62-67,72H,8-12,17-61H2,1-7H3,(H,77,78)(H,79,80)/b14-13-,16-15-/t65-,66-,67-/m1/s1. The molecular weight excluding hydrogens is 1190 g/mol. The fourth-order valence-corrected chi connectivity index (χ4v) is 11.8. The van der Waals surface area contributed by atoms with Crippen molar-refractivity contribution >= 4 is 39.5 Å². The molecule has 0 aliphatic rings. The van der Waals surface area contributed by atoms with E-state index in [0.717, 1.165) is 127 Å². The fraction of sp³-hybridized carbons (Fsp3) is 0.887. The highest BCUT2D eigenvalue weighted by atomic mass is 31.2. The molecule has 0 bridgehead atoms. The number of phosphoric ester groups is 2. The van der Waals surface area contributed by atoms with E-state index < -0.39 is 97.5 Å². The molecule has 0 aliphatic heterocycles. The lowest BCUT2D eigenvalue weighted by Crippen LogP contribution is -2.30. The van der Waals surface area contributed by atoms with Crippen LogP contribution in [0.5, 0.6) is 0 Å². The summed E-state index contributed by atoms with van der Waals surface area (Å²) in [5, 5.41) is 10.6. The predicted molar refractivity (Wildman–Crippen MR) is 363 cm³/mol. The van der Waals surface area contributed by atoms with Crippen molar-refractivity contribution in [2.45, 2.75) is 349 Å². The monoisotopic (exact) mass is 1320 g/mol. The third-order valence-electron chi connectivity index (χ3n) is 15.8. The van der Waals surface area contributed by atoms with Crippen LogP contribution in [0.25, 0.3) is 0 Å². The van der Waals surface area contributed by atoms with Gasteiger partial charge in [0.2, 0.25) is 0 Å². The van der Waals surface area contributed by atoms with Gasteiger partial charge in [0.05, 0.1) is 26.4 Å². The number of carbonyl (C=O) groups excluding carboxylic acids is 4. The van der Waals surface area contributed by atoms with Crippen LogP contribution in [-0.4, -0.2) is 96.7 Å². The number of rotatable bonds is 67. The summed E-state index contributed by atoms with van der Waals surface area (Å²) in [6.07, 6.45) is 48.2. The number of hydrogen-bond donors (Lipinski definition) is 3. The Hall–Kier alpha value is -2.46. The van der Waals surface area contributed by atoms with Gasteiger partial charge in [0.1, 0.15) is 19.3 Å². The van der Waals surface area contributed by atoms with Crippen molar-refractivity contribution in [3.8, 4) is 0 Å². The smallest absolute Gasteiger partial charge is 0.462 e. The largest absolute Gasteiger partial charge is 0.472 e. The molecule has 0 fully saturated rings. The van der Waals surface area contributed by atoms with Crippen LogP contribution in [0.3, 0.4) is 0 Å². The Morgan fingerprint density at radius 1 is 0.344 bits per heavy atom. The average molecular weight is 1320 g/mol. The van der Waals surface area contributed by atoms with E-state index in [4.69, 9.17) is 37.0 Å². The number of unbranched alkanes of at least 4 members (excludes halogenated alkanes) is 32. The van der Waals surface area contributed by atoms with E-state index in [-0.39, 0.29) is 25.7 Å². The molecule has 0 radical (unpaired) electrons. The van der Waals surface area contributed by atoms with Crippen molar-refractivity contribution in [2.75, 3.05) is 39.6 Å². The van der Waals surface area contributed by atoms with E-state index in [1.165, 1.54) is 116 Å². The molecule has 90 heavy (non-hydrogen) atoms. The minimum atomic E-state index is -4.96. The normalized spacial score (nSPS) is 14.4. The second kappa shape index (κ2) is 61.4. The average Bonchev–Trinajstić information content (AvgIpc) is 3.66. The van der Waals surface area contributed by atoms with E-state index >= 15 is 0 Å². The van der Waals surface area contributed by atoms with Crippen LogP contribution in [0.1, 0.15) is 331 Å².